The van der Waals surface area contributed by atoms with Crippen LogP contribution in [0.15, 0.2) is 37.1 Å². The fourth-order valence-electron chi connectivity index (χ4n) is 7.57. The first-order valence-electron chi connectivity index (χ1n) is 18.0. The van der Waals surface area contributed by atoms with E-state index in [1.165, 1.54) is 4.90 Å². The molecule has 1 saturated heterocycles. The zero-order valence-electron chi connectivity index (χ0n) is 29.9. The molecule has 4 aliphatic rings. The molecule has 1 aromatic heterocycles. The van der Waals surface area contributed by atoms with Gasteiger partial charge in [-0.1, -0.05) is 26.8 Å². The molecule has 2 aromatic rings. The Morgan fingerprint density at radius 1 is 1.16 bits per heavy atom. The summed E-state index contributed by atoms with van der Waals surface area (Å²) in [6.07, 6.45) is 6.66. The highest BCUT2D eigenvalue weighted by molar-refractivity contribution is 7.90. The lowest BCUT2D eigenvalue weighted by Gasteiger charge is -2.34. The minimum absolute atomic E-state index is 0.0475. The maximum absolute atomic E-state index is 14.5. The number of aryl methyl sites for hydroxylation is 1. The van der Waals surface area contributed by atoms with E-state index in [-0.39, 0.29) is 50.5 Å². The SMILES string of the molecule is C=C[C@H]1C[C@]1(CC(=O)[C@@H]1C[C@@H]2CN1C(=O)[C@H](C(C)(C)C)CC(=O)OCCCCCc1cc(OC)c3ccnc(c3c1)O2)C(=O)NS(=O)(=O)C1CC1. The van der Waals surface area contributed by atoms with Gasteiger partial charge in [0.1, 0.15) is 11.9 Å². The number of methoxy groups -OCH3 is 1. The maximum Gasteiger partial charge on any atom is 0.306 e. The zero-order chi connectivity index (χ0) is 36.7. The standard InChI is InChI=1S/C38H49N3O9S/c1-6-24-20-38(24,36(45)40-51(46,47)26-11-12-26)21-31(42)30-18-25-22-41(30)35(44)29(37(2,3)4)19-33(43)49-15-9-7-8-10-23-16-28-27(32(17-23)48-5)13-14-39-34(28)50-25/h6,13-14,16-17,24-26,29-30H,1,7-12,15,18-22H2,2-5H3,(H,40,45)/t24-,25+,29+,30-,38+/m0/s1. The molecule has 2 aliphatic heterocycles. The summed E-state index contributed by atoms with van der Waals surface area (Å²) in [5.74, 6) is -2.12. The molecule has 51 heavy (non-hydrogen) atoms. The summed E-state index contributed by atoms with van der Waals surface area (Å²) in [4.78, 5) is 61.6. The number of nitrogens with zero attached hydrogens (tertiary/aromatic N) is 2. The van der Waals surface area contributed by atoms with Gasteiger partial charge in [-0.05, 0) is 80.0 Å². The number of hydrogen-bond acceptors (Lipinski definition) is 10. The number of nitrogens with one attached hydrogen (secondary N) is 1. The van der Waals surface area contributed by atoms with Gasteiger partial charge < -0.3 is 19.1 Å². The van der Waals surface area contributed by atoms with Gasteiger partial charge in [0.2, 0.25) is 27.7 Å². The lowest BCUT2D eigenvalue weighted by molar-refractivity contribution is -0.153. The van der Waals surface area contributed by atoms with Gasteiger partial charge in [-0.3, -0.25) is 23.9 Å². The average Bonchev–Trinajstić information content (AvgIpc) is 4.00. The number of rotatable bonds is 8. The molecule has 13 heteroatoms. The number of allylic oxidation sites excluding steroid dienone is 1. The monoisotopic (exact) mass is 723 g/mol. The average molecular weight is 724 g/mol. The van der Waals surface area contributed by atoms with Gasteiger partial charge in [0.05, 0.1) is 49.3 Å². The first-order chi connectivity index (χ1) is 24.2. The highest BCUT2D eigenvalue weighted by Gasteiger charge is 2.61. The third-order valence-corrected chi connectivity index (χ3v) is 12.7. The molecule has 3 fully saturated rings. The Bertz CT molecular complexity index is 1830. The van der Waals surface area contributed by atoms with Gasteiger partial charge in [-0.2, -0.15) is 0 Å². The van der Waals surface area contributed by atoms with Crippen molar-refractivity contribution in [3.63, 3.8) is 0 Å². The van der Waals surface area contributed by atoms with Gasteiger partial charge in [0.25, 0.3) is 0 Å². The van der Waals surface area contributed by atoms with E-state index in [1.807, 2.05) is 39.0 Å². The number of amides is 2. The van der Waals surface area contributed by atoms with E-state index in [1.54, 1.807) is 19.4 Å². The molecule has 0 unspecified atom stereocenters. The van der Waals surface area contributed by atoms with Crippen molar-refractivity contribution in [2.75, 3.05) is 20.3 Å². The summed E-state index contributed by atoms with van der Waals surface area (Å²) in [7, 11) is -2.23. The van der Waals surface area contributed by atoms with Crippen LogP contribution in [0.1, 0.15) is 84.1 Å². The number of ether oxygens (including phenoxy) is 3. The molecule has 2 saturated carbocycles. The molecule has 276 valence electrons. The van der Waals surface area contributed by atoms with Gasteiger partial charge >= 0.3 is 5.97 Å². The Kier molecular flexibility index (Phi) is 10.2. The Hall–Kier alpha value is -4.00. The Labute approximate surface area is 299 Å². The number of hydrogen-bond donors (Lipinski definition) is 1. The number of fused-ring (bicyclic) bond motifs is 3. The molecule has 4 bridgehead atoms. The number of benzene rings is 1. The van der Waals surface area contributed by atoms with Crippen molar-refractivity contribution in [3.8, 4) is 11.6 Å². The molecule has 6 rings (SSSR count). The van der Waals surface area contributed by atoms with E-state index in [4.69, 9.17) is 14.2 Å². The van der Waals surface area contributed by atoms with Crippen molar-refractivity contribution in [3.05, 3.63) is 42.6 Å². The molecule has 1 aromatic carbocycles. The Balaban J connectivity index is 1.35. The number of aromatic nitrogens is 1. The predicted molar refractivity (Wildman–Crippen MR) is 189 cm³/mol. The van der Waals surface area contributed by atoms with E-state index < -0.39 is 62.0 Å². The molecular formula is C38H49N3O9S. The molecule has 2 amide bonds. The first kappa shape index (κ1) is 36.8. The predicted octanol–water partition coefficient (Wildman–Crippen LogP) is 4.67. The third kappa shape index (κ3) is 7.78. The summed E-state index contributed by atoms with van der Waals surface area (Å²) in [6, 6.07) is 4.90. The molecule has 0 spiro atoms. The van der Waals surface area contributed by atoms with Crippen molar-refractivity contribution in [1.82, 2.24) is 14.6 Å². The maximum atomic E-state index is 14.5. The summed E-state index contributed by atoms with van der Waals surface area (Å²) < 4.78 is 45.5. The highest BCUT2D eigenvalue weighted by atomic mass is 32.2. The second-order valence-electron chi connectivity index (χ2n) is 15.7. The van der Waals surface area contributed by atoms with E-state index in [0.717, 1.165) is 35.6 Å². The number of sulfonamides is 1. The molecule has 2 aliphatic carbocycles. The number of pyridine rings is 1. The number of cyclic esters (lactones) is 1. The molecule has 5 atom stereocenters. The summed E-state index contributed by atoms with van der Waals surface area (Å²) in [6.45, 7) is 9.73. The molecule has 3 heterocycles. The van der Waals surface area contributed by atoms with E-state index in [0.29, 0.717) is 30.9 Å². The number of carbonyl (C=O) groups excluding carboxylic acids is 4. The van der Waals surface area contributed by atoms with Crippen molar-refractivity contribution in [2.24, 2.45) is 22.7 Å². The van der Waals surface area contributed by atoms with Crippen LogP contribution in [0.2, 0.25) is 0 Å². The van der Waals surface area contributed by atoms with Gasteiger partial charge in [0.15, 0.2) is 5.78 Å². The Morgan fingerprint density at radius 2 is 1.92 bits per heavy atom. The number of carbonyl (C=O) groups is 4. The van der Waals surface area contributed by atoms with Crippen molar-refractivity contribution in [2.45, 2.75) is 102 Å². The Morgan fingerprint density at radius 3 is 2.59 bits per heavy atom. The van der Waals surface area contributed by atoms with Crippen molar-refractivity contribution in [1.29, 1.82) is 0 Å². The lowest BCUT2D eigenvalue weighted by Crippen LogP contribution is -2.48. The van der Waals surface area contributed by atoms with Gasteiger partial charge in [-0.15, -0.1) is 6.58 Å². The fraction of sp³-hybridized carbons (Fsp3) is 0.605. The van der Waals surface area contributed by atoms with Crippen LogP contribution in [0.4, 0.5) is 0 Å². The van der Waals surface area contributed by atoms with E-state index in [9.17, 15) is 27.6 Å². The van der Waals surface area contributed by atoms with Crippen LogP contribution in [-0.4, -0.2) is 79.5 Å². The molecule has 12 nitrogen and oxygen atoms in total. The quantitative estimate of drug-likeness (QED) is 0.300. The van der Waals surface area contributed by atoms with E-state index in [2.05, 4.69) is 16.3 Å². The minimum Gasteiger partial charge on any atom is -0.496 e. The highest BCUT2D eigenvalue weighted by Crippen LogP contribution is 2.57. The first-order valence-corrected chi connectivity index (χ1v) is 19.5. The van der Waals surface area contributed by atoms with Crippen LogP contribution in [0.3, 0.4) is 0 Å². The number of ketones is 1. The number of Topliss-reactive ketones (excluding diaryl/α,β-unsaturated/α-hetero) is 1. The molecule has 1 N–H and O–H groups in total. The topological polar surface area (TPSA) is 158 Å². The second kappa shape index (κ2) is 14.2. The van der Waals surface area contributed by atoms with Gasteiger partial charge in [0, 0.05) is 29.8 Å². The van der Waals surface area contributed by atoms with E-state index >= 15 is 0 Å². The van der Waals surface area contributed by atoms with Crippen molar-refractivity contribution >= 4 is 44.4 Å². The van der Waals surface area contributed by atoms with Crippen LogP contribution in [0.5, 0.6) is 11.6 Å². The van der Waals surface area contributed by atoms with Crippen LogP contribution >= 0.6 is 0 Å². The minimum atomic E-state index is -3.84. The summed E-state index contributed by atoms with van der Waals surface area (Å²) >= 11 is 0. The van der Waals surface area contributed by atoms with Crippen LogP contribution in [-0.2, 0) is 40.4 Å². The summed E-state index contributed by atoms with van der Waals surface area (Å²) in [5, 5.41) is 0.966. The zero-order valence-corrected chi connectivity index (χ0v) is 30.8. The van der Waals surface area contributed by atoms with Crippen LogP contribution < -0.4 is 14.2 Å². The third-order valence-electron chi connectivity index (χ3n) is 10.9. The van der Waals surface area contributed by atoms with Gasteiger partial charge in [-0.25, -0.2) is 13.4 Å². The smallest absolute Gasteiger partial charge is 0.306 e. The lowest BCUT2D eigenvalue weighted by atomic mass is 9.77. The van der Waals surface area contributed by atoms with Crippen LogP contribution in [0, 0.1) is 22.7 Å². The molecule has 0 radical (unpaired) electrons. The second-order valence-corrected chi connectivity index (χ2v) is 17.6. The normalized spacial score (nSPS) is 27.6. The molecular weight excluding hydrogens is 674 g/mol. The van der Waals surface area contributed by atoms with Crippen molar-refractivity contribution < 1.29 is 41.8 Å². The largest absolute Gasteiger partial charge is 0.496 e. The fourth-order valence-corrected chi connectivity index (χ4v) is 8.96. The van der Waals surface area contributed by atoms with Crippen LogP contribution in [0.25, 0.3) is 10.8 Å². The number of esters is 1. The summed E-state index contributed by atoms with van der Waals surface area (Å²) in [5.41, 5.74) is -0.901.